The minimum absolute atomic E-state index is 0.191. The van der Waals surface area contributed by atoms with Crippen LogP contribution in [0, 0.1) is 0 Å². The molecular formula is C19H22N4O4. The zero-order chi connectivity index (χ0) is 19.0. The second-order valence-corrected chi connectivity index (χ2v) is 7.04. The largest absolute Gasteiger partial charge is 0.464 e. The topological polar surface area (TPSA) is 97.3 Å². The van der Waals surface area contributed by atoms with E-state index in [-0.39, 0.29) is 22.7 Å². The Hall–Kier alpha value is -2.90. The van der Waals surface area contributed by atoms with Gasteiger partial charge in [-0.05, 0) is 49.8 Å². The van der Waals surface area contributed by atoms with Crippen LogP contribution in [0.25, 0.3) is 0 Å². The summed E-state index contributed by atoms with van der Waals surface area (Å²) in [4.78, 5) is 41.8. The second kappa shape index (κ2) is 7.02. The van der Waals surface area contributed by atoms with E-state index < -0.39 is 5.97 Å². The highest BCUT2D eigenvalue weighted by atomic mass is 16.5. The summed E-state index contributed by atoms with van der Waals surface area (Å²) in [6.45, 7) is 1.45. The minimum Gasteiger partial charge on any atom is -0.464 e. The molecule has 0 fully saturated rings. The van der Waals surface area contributed by atoms with Crippen molar-refractivity contribution in [1.29, 1.82) is 0 Å². The Morgan fingerprint density at radius 2 is 1.96 bits per heavy atom. The molecule has 1 N–H and O–H groups in total. The number of hydrogen-bond donors (Lipinski definition) is 1. The van der Waals surface area contributed by atoms with E-state index in [0.29, 0.717) is 26.1 Å². The Balaban J connectivity index is 1.62. The van der Waals surface area contributed by atoms with Crippen LogP contribution >= 0.6 is 0 Å². The van der Waals surface area contributed by atoms with E-state index in [1.807, 2.05) is 0 Å². The van der Waals surface area contributed by atoms with Crippen molar-refractivity contribution in [2.24, 2.45) is 0 Å². The third-order valence-electron chi connectivity index (χ3n) is 5.26. The van der Waals surface area contributed by atoms with Crippen LogP contribution in [-0.4, -0.2) is 45.2 Å². The molecule has 2 aliphatic rings. The van der Waals surface area contributed by atoms with Gasteiger partial charge in [-0.15, -0.1) is 0 Å². The maximum atomic E-state index is 13.1. The minimum atomic E-state index is -0.500. The average molecular weight is 370 g/mol. The highest BCUT2D eigenvalue weighted by Gasteiger charge is 2.26. The first-order valence-electron chi connectivity index (χ1n) is 9.26. The quantitative estimate of drug-likeness (QED) is 0.803. The molecule has 27 heavy (non-hydrogen) atoms. The zero-order valence-corrected chi connectivity index (χ0v) is 15.3. The smallest absolute Gasteiger partial charge is 0.358 e. The number of aromatic nitrogens is 3. The van der Waals surface area contributed by atoms with E-state index in [1.165, 1.54) is 7.11 Å². The molecule has 0 radical (unpaired) electrons. The molecule has 0 saturated carbocycles. The van der Waals surface area contributed by atoms with Crippen molar-refractivity contribution in [2.75, 3.05) is 13.7 Å². The van der Waals surface area contributed by atoms with E-state index in [2.05, 4.69) is 10.1 Å². The van der Waals surface area contributed by atoms with Crippen molar-refractivity contribution in [3.63, 3.8) is 0 Å². The van der Waals surface area contributed by atoms with Crippen LogP contribution in [0.1, 0.15) is 57.1 Å². The summed E-state index contributed by atoms with van der Waals surface area (Å²) in [6.07, 6.45) is 4.59. The van der Waals surface area contributed by atoms with Crippen molar-refractivity contribution in [2.45, 2.75) is 45.2 Å². The molecule has 0 bridgehead atoms. The predicted octanol–water partition coefficient (Wildman–Crippen LogP) is 1.28. The molecule has 142 valence electrons. The fourth-order valence-corrected chi connectivity index (χ4v) is 3.84. The SMILES string of the molecule is COC(=O)c1cc2n(n1)CCCN(C(=O)c1cc3c([nH]c1=O)CCCC3)C2. The molecule has 0 aromatic carbocycles. The normalized spacial score (nSPS) is 16.3. The van der Waals surface area contributed by atoms with Crippen LogP contribution in [0.15, 0.2) is 16.9 Å². The van der Waals surface area contributed by atoms with Crippen LogP contribution < -0.4 is 5.56 Å². The molecule has 0 unspecified atom stereocenters. The van der Waals surface area contributed by atoms with Crippen molar-refractivity contribution in [3.05, 3.63) is 50.7 Å². The molecule has 8 nitrogen and oxygen atoms in total. The van der Waals surface area contributed by atoms with E-state index in [0.717, 1.165) is 42.6 Å². The van der Waals surface area contributed by atoms with Gasteiger partial charge in [-0.2, -0.15) is 5.10 Å². The number of aryl methyl sites for hydroxylation is 3. The summed E-state index contributed by atoms with van der Waals surface area (Å²) in [6, 6.07) is 3.41. The monoisotopic (exact) mass is 370 g/mol. The number of ether oxygens (including phenoxy) is 1. The van der Waals surface area contributed by atoms with Gasteiger partial charge in [0.2, 0.25) is 0 Å². The lowest BCUT2D eigenvalue weighted by Gasteiger charge is -2.21. The van der Waals surface area contributed by atoms with Gasteiger partial charge in [0.05, 0.1) is 19.3 Å². The average Bonchev–Trinajstić information content (AvgIpc) is 2.97. The highest BCUT2D eigenvalue weighted by Crippen LogP contribution is 2.20. The van der Waals surface area contributed by atoms with Gasteiger partial charge in [-0.25, -0.2) is 4.79 Å². The third kappa shape index (κ3) is 3.27. The van der Waals surface area contributed by atoms with E-state index >= 15 is 0 Å². The molecule has 0 atom stereocenters. The number of fused-ring (bicyclic) bond motifs is 2. The van der Waals surface area contributed by atoms with Crippen LogP contribution in [0.2, 0.25) is 0 Å². The summed E-state index contributed by atoms with van der Waals surface area (Å²) >= 11 is 0. The number of methoxy groups -OCH3 is 1. The Kier molecular flexibility index (Phi) is 4.55. The van der Waals surface area contributed by atoms with Gasteiger partial charge in [0.15, 0.2) is 5.69 Å². The third-order valence-corrected chi connectivity index (χ3v) is 5.26. The molecule has 1 aliphatic heterocycles. The first-order chi connectivity index (χ1) is 13.1. The number of rotatable bonds is 2. The molecule has 1 aliphatic carbocycles. The summed E-state index contributed by atoms with van der Waals surface area (Å²) in [5.41, 5.74) is 2.88. The van der Waals surface area contributed by atoms with E-state index in [9.17, 15) is 14.4 Å². The molecule has 1 amide bonds. The fraction of sp³-hybridized carbons (Fsp3) is 0.474. The van der Waals surface area contributed by atoms with Gasteiger partial charge in [-0.1, -0.05) is 0 Å². The number of esters is 1. The Morgan fingerprint density at radius 1 is 1.15 bits per heavy atom. The second-order valence-electron chi connectivity index (χ2n) is 7.04. The molecule has 0 spiro atoms. The lowest BCUT2D eigenvalue weighted by molar-refractivity contribution is 0.0593. The van der Waals surface area contributed by atoms with Crippen molar-refractivity contribution in [1.82, 2.24) is 19.7 Å². The first-order valence-corrected chi connectivity index (χ1v) is 9.26. The number of hydrogen-bond acceptors (Lipinski definition) is 5. The van der Waals surface area contributed by atoms with Crippen LogP contribution in [0.4, 0.5) is 0 Å². The van der Waals surface area contributed by atoms with Crippen molar-refractivity contribution >= 4 is 11.9 Å². The predicted molar refractivity (Wildman–Crippen MR) is 96.6 cm³/mol. The number of pyridine rings is 1. The number of H-pyrrole nitrogens is 1. The summed E-state index contributed by atoms with van der Waals surface area (Å²) in [7, 11) is 1.31. The van der Waals surface area contributed by atoms with Gasteiger partial charge < -0.3 is 14.6 Å². The maximum absolute atomic E-state index is 13.1. The summed E-state index contributed by atoms with van der Waals surface area (Å²) in [5, 5.41) is 4.26. The molecule has 0 saturated heterocycles. The van der Waals surface area contributed by atoms with Gasteiger partial charge in [-0.3, -0.25) is 14.3 Å². The van der Waals surface area contributed by atoms with Gasteiger partial charge in [0, 0.05) is 18.8 Å². The van der Waals surface area contributed by atoms with E-state index in [1.54, 1.807) is 21.7 Å². The van der Waals surface area contributed by atoms with Crippen molar-refractivity contribution < 1.29 is 14.3 Å². The molecule has 8 heteroatoms. The molecule has 4 rings (SSSR count). The zero-order valence-electron chi connectivity index (χ0n) is 15.3. The summed E-state index contributed by atoms with van der Waals surface area (Å²) < 4.78 is 6.45. The van der Waals surface area contributed by atoms with Crippen LogP contribution in [0.5, 0.6) is 0 Å². The number of amides is 1. The molecular weight excluding hydrogens is 348 g/mol. The highest BCUT2D eigenvalue weighted by molar-refractivity contribution is 5.94. The number of aromatic amines is 1. The van der Waals surface area contributed by atoms with E-state index in [4.69, 9.17) is 4.74 Å². The molecule has 2 aromatic heterocycles. The van der Waals surface area contributed by atoms with Gasteiger partial charge in [0.1, 0.15) is 5.56 Å². The fourth-order valence-electron chi connectivity index (χ4n) is 3.84. The number of carbonyl (C=O) groups is 2. The molecule has 2 aromatic rings. The Labute approximate surface area is 156 Å². The number of nitrogens with one attached hydrogen (secondary N) is 1. The summed E-state index contributed by atoms with van der Waals surface area (Å²) in [5.74, 6) is -0.779. The number of nitrogens with zero attached hydrogens (tertiary/aromatic N) is 3. The van der Waals surface area contributed by atoms with Gasteiger partial charge >= 0.3 is 5.97 Å². The Morgan fingerprint density at radius 3 is 2.78 bits per heavy atom. The van der Waals surface area contributed by atoms with Crippen molar-refractivity contribution in [3.8, 4) is 0 Å². The number of carbonyl (C=O) groups excluding carboxylic acids is 2. The first kappa shape index (κ1) is 17.5. The maximum Gasteiger partial charge on any atom is 0.358 e. The standard InChI is InChI=1S/C19H22N4O4/c1-27-19(26)16-10-13-11-22(7-4-8-23(13)21-16)18(25)14-9-12-5-2-3-6-15(12)20-17(14)24/h9-10H,2-8,11H2,1H3,(H,20,24). The van der Waals surface area contributed by atoms with Crippen LogP contribution in [0.3, 0.4) is 0 Å². The Bertz CT molecular complexity index is 959. The van der Waals surface area contributed by atoms with Gasteiger partial charge in [0.25, 0.3) is 11.5 Å². The lowest BCUT2D eigenvalue weighted by atomic mass is 9.95. The lowest BCUT2D eigenvalue weighted by Crippen LogP contribution is -2.35. The molecule has 3 heterocycles. The van der Waals surface area contributed by atoms with Crippen LogP contribution in [-0.2, 0) is 30.7 Å².